The van der Waals surface area contributed by atoms with Crippen LogP contribution in [0.15, 0.2) is 36.4 Å². The normalized spacial score (nSPS) is 10.5. The Morgan fingerprint density at radius 1 is 0.750 bits per heavy atom. The lowest BCUT2D eigenvalue weighted by atomic mass is 10.0. The molecule has 0 heterocycles. The number of halogens is 4. The Morgan fingerprint density at radius 3 is 2.19 bits per heavy atom. The predicted octanol–water partition coefficient (Wildman–Crippen LogP) is 4.42. The van der Waals surface area contributed by atoms with Crippen molar-refractivity contribution >= 4 is 11.6 Å². The van der Waals surface area contributed by atoms with Gasteiger partial charge in [0, 0.05) is 16.1 Å². The standard InChI is InChI=1S/C12H6ClF3/c13-7-1-3-9(12(16)5-7)10-6-8(14)2-4-11(10)15/h1-6H. The summed E-state index contributed by atoms with van der Waals surface area (Å²) in [5.41, 5.74) is -0.129. The predicted molar refractivity (Wildman–Crippen MR) is 56.8 cm³/mol. The molecule has 0 N–H and O–H groups in total. The summed E-state index contributed by atoms with van der Waals surface area (Å²) in [6.45, 7) is 0. The van der Waals surface area contributed by atoms with Gasteiger partial charge in [0.25, 0.3) is 0 Å². The molecule has 0 saturated carbocycles. The summed E-state index contributed by atoms with van der Waals surface area (Å²) < 4.78 is 39.8. The maximum Gasteiger partial charge on any atom is 0.132 e. The number of rotatable bonds is 1. The molecule has 0 aliphatic carbocycles. The molecule has 0 atom stereocenters. The van der Waals surface area contributed by atoms with Gasteiger partial charge in [0.2, 0.25) is 0 Å². The van der Waals surface area contributed by atoms with Crippen LogP contribution in [0.5, 0.6) is 0 Å². The van der Waals surface area contributed by atoms with Crippen molar-refractivity contribution in [3.05, 3.63) is 58.9 Å². The largest absolute Gasteiger partial charge is 0.207 e. The van der Waals surface area contributed by atoms with Gasteiger partial charge in [0.15, 0.2) is 0 Å². The van der Waals surface area contributed by atoms with Gasteiger partial charge in [0.1, 0.15) is 17.5 Å². The molecule has 0 unspecified atom stereocenters. The first-order valence-corrected chi connectivity index (χ1v) is 4.86. The second kappa shape index (κ2) is 4.18. The van der Waals surface area contributed by atoms with Crippen LogP contribution in [0.25, 0.3) is 11.1 Å². The third-order valence-electron chi connectivity index (χ3n) is 2.15. The van der Waals surface area contributed by atoms with E-state index >= 15 is 0 Å². The molecule has 0 radical (unpaired) electrons. The highest BCUT2D eigenvalue weighted by Crippen LogP contribution is 2.28. The lowest BCUT2D eigenvalue weighted by Gasteiger charge is -2.05. The average molecular weight is 243 g/mol. The molecule has 0 nitrogen and oxygen atoms in total. The summed E-state index contributed by atoms with van der Waals surface area (Å²) in [5.74, 6) is -1.98. The van der Waals surface area contributed by atoms with E-state index in [2.05, 4.69) is 0 Å². The molecule has 0 saturated heterocycles. The molecular weight excluding hydrogens is 237 g/mol. The first-order valence-electron chi connectivity index (χ1n) is 4.48. The highest BCUT2D eigenvalue weighted by Gasteiger charge is 2.11. The SMILES string of the molecule is Fc1ccc(F)c(-c2ccc(Cl)cc2F)c1. The summed E-state index contributed by atoms with van der Waals surface area (Å²) in [6.07, 6.45) is 0. The summed E-state index contributed by atoms with van der Waals surface area (Å²) in [4.78, 5) is 0. The van der Waals surface area contributed by atoms with Crippen LogP contribution in [0.3, 0.4) is 0 Å². The molecular formula is C12H6ClF3. The number of hydrogen-bond donors (Lipinski definition) is 0. The number of benzene rings is 2. The van der Waals surface area contributed by atoms with Gasteiger partial charge >= 0.3 is 0 Å². The van der Waals surface area contributed by atoms with Crippen molar-refractivity contribution in [2.75, 3.05) is 0 Å². The van der Waals surface area contributed by atoms with Gasteiger partial charge in [-0.1, -0.05) is 11.6 Å². The highest BCUT2D eigenvalue weighted by atomic mass is 35.5. The Balaban J connectivity index is 2.62. The fourth-order valence-electron chi connectivity index (χ4n) is 1.41. The second-order valence-electron chi connectivity index (χ2n) is 3.25. The third-order valence-corrected chi connectivity index (χ3v) is 2.38. The molecule has 0 amide bonds. The van der Waals surface area contributed by atoms with E-state index in [1.165, 1.54) is 12.1 Å². The van der Waals surface area contributed by atoms with Crippen LogP contribution in [0, 0.1) is 17.5 Å². The van der Waals surface area contributed by atoms with Crippen LogP contribution >= 0.6 is 11.6 Å². The minimum absolute atomic E-state index is 0.0126. The minimum Gasteiger partial charge on any atom is -0.207 e. The van der Waals surface area contributed by atoms with Gasteiger partial charge in [-0.25, -0.2) is 13.2 Å². The lowest BCUT2D eigenvalue weighted by molar-refractivity contribution is 0.598. The maximum atomic E-state index is 13.5. The zero-order valence-electron chi connectivity index (χ0n) is 7.98. The summed E-state index contributed by atoms with van der Waals surface area (Å²) >= 11 is 5.57. The van der Waals surface area contributed by atoms with E-state index in [0.29, 0.717) is 0 Å². The Kier molecular flexibility index (Phi) is 2.88. The molecule has 2 aromatic rings. The fraction of sp³-hybridized carbons (Fsp3) is 0. The maximum absolute atomic E-state index is 13.5. The van der Waals surface area contributed by atoms with Gasteiger partial charge in [-0.15, -0.1) is 0 Å². The van der Waals surface area contributed by atoms with E-state index < -0.39 is 17.5 Å². The summed E-state index contributed by atoms with van der Waals surface area (Å²) in [5, 5.41) is 0.207. The van der Waals surface area contributed by atoms with Crippen molar-refractivity contribution in [2.45, 2.75) is 0 Å². The molecule has 0 bridgehead atoms. The first-order chi connectivity index (χ1) is 7.58. The van der Waals surface area contributed by atoms with Crippen molar-refractivity contribution < 1.29 is 13.2 Å². The Hall–Kier alpha value is -1.48. The molecule has 0 aromatic heterocycles. The van der Waals surface area contributed by atoms with Crippen LogP contribution < -0.4 is 0 Å². The molecule has 4 heteroatoms. The van der Waals surface area contributed by atoms with E-state index in [0.717, 1.165) is 24.3 Å². The van der Waals surface area contributed by atoms with E-state index in [4.69, 9.17) is 11.6 Å². The van der Waals surface area contributed by atoms with Crippen molar-refractivity contribution in [2.24, 2.45) is 0 Å². The molecule has 0 aliphatic rings. The zero-order chi connectivity index (χ0) is 11.7. The van der Waals surface area contributed by atoms with Gasteiger partial charge in [-0.2, -0.15) is 0 Å². The van der Waals surface area contributed by atoms with E-state index in [1.807, 2.05) is 0 Å². The second-order valence-corrected chi connectivity index (χ2v) is 3.68. The zero-order valence-corrected chi connectivity index (χ0v) is 8.73. The quantitative estimate of drug-likeness (QED) is 0.694. The van der Waals surface area contributed by atoms with Gasteiger partial charge < -0.3 is 0 Å². The fourth-order valence-corrected chi connectivity index (χ4v) is 1.57. The van der Waals surface area contributed by atoms with Crippen molar-refractivity contribution in [3.8, 4) is 11.1 Å². The Bertz CT molecular complexity index is 538. The Morgan fingerprint density at radius 2 is 1.50 bits per heavy atom. The lowest BCUT2D eigenvalue weighted by Crippen LogP contribution is -1.89. The van der Waals surface area contributed by atoms with Crippen LogP contribution in [-0.2, 0) is 0 Å². The molecule has 0 aliphatic heterocycles. The topological polar surface area (TPSA) is 0 Å². The summed E-state index contributed by atoms with van der Waals surface area (Å²) in [6, 6.07) is 6.67. The van der Waals surface area contributed by atoms with E-state index in [1.54, 1.807) is 0 Å². The van der Waals surface area contributed by atoms with Crippen molar-refractivity contribution in [1.82, 2.24) is 0 Å². The average Bonchev–Trinajstić information content (AvgIpc) is 2.22. The van der Waals surface area contributed by atoms with Crippen molar-refractivity contribution in [3.63, 3.8) is 0 Å². The van der Waals surface area contributed by atoms with Gasteiger partial charge in [0.05, 0.1) is 0 Å². The van der Waals surface area contributed by atoms with Crippen LogP contribution in [0.2, 0.25) is 5.02 Å². The molecule has 0 spiro atoms. The van der Waals surface area contributed by atoms with Crippen LogP contribution in [0.1, 0.15) is 0 Å². The van der Waals surface area contributed by atoms with Gasteiger partial charge in [-0.05, 0) is 36.4 Å². The Labute approximate surface area is 95.3 Å². The minimum atomic E-state index is -0.683. The first kappa shape index (κ1) is 11.0. The van der Waals surface area contributed by atoms with Crippen molar-refractivity contribution in [1.29, 1.82) is 0 Å². The van der Waals surface area contributed by atoms with E-state index in [9.17, 15) is 13.2 Å². The molecule has 82 valence electrons. The molecule has 16 heavy (non-hydrogen) atoms. The third kappa shape index (κ3) is 2.04. The van der Waals surface area contributed by atoms with E-state index in [-0.39, 0.29) is 16.1 Å². The molecule has 2 aromatic carbocycles. The highest BCUT2D eigenvalue weighted by molar-refractivity contribution is 6.30. The molecule has 0 fully saturated rings. The van der Waals surface area contributed by atoms with Crippen LogP contribution in [0.4, 0.5) is 13.2 Å². The summed E-state index contributed by atoms with van der Waals surface area (Å²) in [7, 11) is 0. The molecule has 2 rings (SSSR count). The smallest absolute Gasteiger partial charge is 0.132 e. The van der Waals surface area contributed by atoms with Crippen LogP contribution in [-0.4, -0.2) is 0 Å². The monoisotopic (exact) mass is 242 g/mol. The number of hydrogen-bond acceptors (Lipinski definition) is 0. The van der Waals surface area contributed by atoms with Gasteiger partial charge in [-0.3, -0.25) is 0 Å².